The molecular weight excluding hydrogens is 349 g/mol. The molecule has 1 saturated carbocycles. The van der Waals surface area contributed by atoms with E-state index in [1.54, 1.807) is 6.07 Å². The van der Waals surface area contributed by atoms with Crippen molar-refractivity contribution in [3.8, 4) is 0 Å². The third-order valence-electron chi connectivity index (χ3n) is 5.16. The van der Waals surface area contributed by atoms with Crippen molar-refractivity contribution in [2.24, 2.45) is 0 Å². The Balaban J connectivity index is 1.71. The number of anilines is 1. The first-order valence-electron chi connectivity index (χ1n) is 8.63. The lowest BCUT2D eigenvalue weighted by Gasteiger charge is -2.28. The molecule has 0 aromatic carbocycles. The van der Waals surface area contributed by atoms with Gasteiger partial charge in [0.05, 0.1) is 5.69 Å². The standard InChI is InChI=1S/C16H24FN3O4S/c1-16(2,25(22,23)20-8-7-12(17)10-20)15(21)18-14-9-13(19-24-14)11-5-3-4-6-11/h9,11-12H,3-8,10H2,1-2H3,(H,18,21). The average Bonchev–Trinajstić information content (AvgIpc) is 3.27. The number of rotatable bonds is 5. The van der Waals surface area contributed by atoms with Gasteiger partial charge < -0.3 is 4.52 Å². The van der Waals surface area contributed by atoms with Crippen LogP contribution in [0.15, 0.2) is 10.6 Å². The summed E-state index contributed by atoms with van der Waals surface area (Å²) in [6, 6.07) is 1.66. The van der Waals surface area contributed by atoms with Crippen LogP contribution < -0.4 is 5.32 Å². The van der Waals surface area contributed by atoms with Crippen molar-refractivity contribution in [3.05, 3.63) is 11.8 Å². The fraction of sp³-hybridized carbons (Fsp3) is 0.750. The van der Waals surface area contributed by atoms with E-state index in [0.717, 1.165) is 35.7 Å². The summed E-state index contributed by atoms with van der Waals surface area (Å²) in [7, 11) is -3.98. The first-order valence-corrected chi connectivity index (χ1v) is 10.1. The quantitative estimate of drug-likeness (QED) is 0.856. The molecule has 3 rings (SSSR count). The number of halogens is 1. The molecule has 1 aromatic heterocycles. The molecule has 1 saturated heterocycles. The Labute approximate surface area is 147 Å². The Bertz CT molecular complexity index is 740. The van der Waals surface area contributed by atoms with Crippen LogP contribution in [0.3, 0.4) is 0 Å². The van der Waals surface area contributed by atoms with Gasteiger partial charge in [0.25, 0.3) is 0 Å². The minimum absolute atomic E-state index is 0.0916. The van der Waals surface area contributed by atoms with Crippen LogP contribution >= 0.6 is 0 Å². The Hall–Kier alpha value is -1.48. The second-order valence-corrected chi connectivity index (χ2v) is 9.80. The summed E-state index contributed by atoms with van der Waals surface area (Å²) in [5.41, 5.74) is 0.785. The van der Waals surface area contributed by atoms with Crippen LogP contribution in [-0.4, -0.2) is 47.8 Å². The fourth-order valence-corrected chi connectivity index (χ4v) is 5.00. The molecule has 2 fully saturated rings. The zero-order valence-electron chi connectivity index (χ0n) is 14.5. The van der Waals surface area contributed by atoms with E-state index in [0.29, 0.717) is 5.92 Å². The molecule has 1 aliphatic heterocycles. The van der Waals surface area contributed by atoms with Gasteiger partial charge in [0.2, 0.25) is 21.8 Å². The third kappa shape index (κ3) is 3.44. The molecule has 0 spiro atoms. The summed E-state index contributed by atoms with van der Waals surface area (Å²) in [5, 5.41) is 6.48. The zero-order valence-corrected chi connectivity index (χ0v) is 15.3. The Morgan fingerprint density at radius 2 is 2.04 bits per heavy atom. The van der Waals surface area contributed by atoms with Crippen molar-refractivity contribution >= 4 is 21.8 Å². The number of hydrogen-bond donors (Lipinski definition) is 1. The molecule has 140 valence electrons. The van der Waals surface area contributed by atoms with Gasteiger partial charge in [-0.15, -0.1) is 0 Å². The molecule has 1 amide bonds. The SMILES string of the molecule is CC(C)(C(=O)Nc1cc(C2CCCC2)no1)S(=O)(=O)N1CCC(F)C1. The maximum atomic E-state index is 13.4. The molecule has 2 heterocycles. The fourth-order valence-electron chi connectivity index (χ4n) is 3.37. The number of aromatic nitrogens is 1. The van der Waals surface area contributed by atoms with Crippen LogP contribution in [0.2, 0.25) is 0 Å². The van der Waals surface area contributed by atoms with Crippen molar-refractivity contribution in [2.45, 2.75) is 62.8 Å². The maximum absolute atomic E-state index is 13.4. The second kappa shape index (κ2) is 6.68. The molecule has 7 nitrogen and oxygen atoms in total. The molecule has 1 aromatic rings. The van der Waals surface area contributed by atoms with Crippen LogP contribution in [0.25, 0.3) is 0 Å². The summed E-state index contributed by atoms with van der Waals surface area (Å²) in [6.07, 6.45) is 3.35. The maximum Gasteiger partial charge on any atom is 0.249 e. The Kier molecular flexibility index (Phi) is 4.89. The van der Waals surface area contributed by atoms with Crippen molar-refractivity contribution in [1.29, 1.82) is 0 Å². The number of carbonyl (C=O) groups excluding carboxylic acids is 1. The van der Waals surface area contributed by atoms with Gasteiger partial charge >= 0.3 is 0 Å². The van der Waals surface area contributed by atoms with Crippen molar-refractivity contribution < 1.29 is 22.1 Å². The summed E-state index contributed by atoms with van der Waals surface area (Å²) in [5.74, 6) is -0.249. The molecule has 1 aliphatic carbocycles. The lowest BCUT2D eigenvalue weighted by Crippen LogP contribution is -2.51. The number of sulfonamides is 1. The van der Waals surface area contributed by atoms with E-state index in [1.807, 2.05) is 0 Å². The van der Waals surface area contributed by atoms with Gasteiger partial charge in [0.1, 0.15) is 6.17 Å². The molecule has 0 radical (unpaired) electrons. The minimum atomic E-state index is -3.98. The summed E-state index contributed by atoms with van der Waals surface area (Å²) >= 11 is 0. The van der Waals surface area contributed by atoms with Gasteiger partial charge in [-0.25, -0.2) is 12.8 Å². The van der Waals surface area contributed by atoms with Gasteiger partial charge in [-0.1, -0.05) is 18.0 Å². The molecule has 1 N–H and O–H groups in total. The highest BCUT2D eigenvalue weighted by Crippen LogP contribution is 2.34. The van der Waals surface area contributed by atoms with Crippen LogP contribution in [0.4, 0.5) is 10.3 Å². The van der Waals surface area contributed by atoms with Crippen LogP contribution in [0, 0.1) is 0 Å². The van der Waals surface area contributed by atoms with E-state index in [-0.39, 0.29) is 25.4 Å². The topological polar surface area (TPSA) is 92.5 Å². The number of hydrogen-bond acceptors (Lipinski definition) is 5. The first kappa shape index (κ1) is 18.3. The van der Waals surface area contributed by atoms with E-state index in [4.69, 9.17) is 4.52 Å². The van der Waals surface area contributed by atoms with Gasteiger partial charge in [-0.2, -0.15) is 4.31 Å². The normalized spacial score (nSPS) is 23.2. The lowest BCUT2D eigenvalue weighted by molar-refractivity contribution is -0.118. The van der Waals surface area contributed by atoms with E-state index < -0.39 is 26.8 Å². The number of amides is 1. The number of nitrogens with one attached hydrogen (secondary N) is 1. The molecule has 0 bridgehead atoms. The summed E-state index contributed by atoms with van der Waals surface area (Å²) < 4.78 is 43.2. The van der Waals surface area contributed by atoms with Crippen molar-refractivity contribution in [1.82, 2.24) is 9.46 Å². The number of carbonyl (C=O) groups is 1. The Morgan fingerprint density at radius 3 is 2.64 bits per heavy atom. The first-order chi connectivity index (χ1) is 11.7. The highest BCUT2D eigenvalue weighted by atomic mass is 32.2. The Morgan fingerprint density at radius 1 is 1.36 bits per heavy atom. The van der Waals surface area contributed by atoms with Gasteiger partial charge in [-0.05, 0) is 33.1 Å². The van der Waals surface area contributed by atoms with E-state index in [2.05, 4.69) is 10.5 Å². The number of alkyl halides is 1. The molecule has 1 unspecified atom stereocenters. The van der Waals surface area contributed by atoms with Crippen molar-refractivity contribution in [3.63, 3.8) is 0 Å². The third-order valence-corrected chi connectivity index (χ3v) is 7.65. The average molecular weight is 373 g/mol. The lowest BCUT2D eigenvalue weighted by atomic mass is 10.0. The van der Waals surface area contributed by atoms with Crippen LogP contribution in [0.5, 0.6) is 0 Å². The molecular formula is C16H24FN3O4S. The molecule has 2 aliphatic rings. The largest absolute Gasteiger partial charge is 0.338 e. The van der Waals surface area contributed by atoms with E-state index in [1.165, 1.54) is 13.8 Å². The summed E-state index contributed by atoms with van der Waals surface area (Å²) in [6.45, 7) is 2.52. The van der Waals surface area contributed by atoms with Gasteiger partial charge in [-0.3, -0.25) is 10.1 Å². The molecule has 25 heavy (non-hydrogen) atoms. The van der Waals surface area contributed by atoms with E-state index in [9.17, 15) is 17.6 Å². The zero-order chi connectivity index (χ0) is 18.2. The number of nitrogens with zero attached hydrogens (tertiary/aromatic N) is 2. The minimum Gasteiger partial charge on any atom is -0.338 e. The van der Waals surface area contributed by atoms with Gasteiger partial charge in [0, 0.05) is 25.1 Å². The molecule has 1 atom stereocenters. The predicted molar refractivity (Wildman–Crippen MR) is 90.4 cm³/mol. The highest BCUT2D eigenvalue weighted by Gasteiger charge is 2.47. The predicted octanol–water partition coefficient (Wildman–Crippen LogP) is 2.42. The van der Waals surface area contributed by atoms with Crippen molar-refractivity contribution in [2.75, 3.05) is 18.4 Å². The second-order valence-electron chi connectivity index (χ2n) is 7.31. The van der Waals surface area contributed by atoms with E-state index >= 15 is 0 Å². The summed E-state index contributed by atoms with van der Waals surface area (Å²) in [4.78, 5) is 12.6. The van der Waals surface area contributed by atoms with Gasteiger partial charge in [0.15, 0.2) is 4.75 Å². The highest BCUT2D eigenvalue weighted by molar-refractivity contribution is 7.91. The van der Waals surface area contributed by atoms with Crippen LogP contribution in [-0.2, 0) is 14.8 Å². The monoisotopic (exact) mass is 373 g/mol. The smallest absolute Gasteiger partial charge is 0.249 e. The molecule has 9 heteroatoms. The van der Waals surface area contributed by atoms with Crippen LogP contribution in [0.1, 0.15) is 57.6 Å².